The molecule has 0 unspecified atom stereocenters. The van der Waals surface area contributed by atoms with Crippen LogP contribution in [-0.2, 0) is 4.43 Å². The second-order valence-electron chi connectivity index (χ2n) is 3.58. The van der Waals surface area contributed by atoms with Crippen LogP contribution in [0.25, 0.3) is 0 Å². The summed E-state index contributed by atoms with van der Waals surface area (Å²) in [5.41, 5.74) is -2.41. The Morgan fingerprint density at radius 2 is 1.20 bits per heavy atom. The lowest BCUT2D eigenvalue weighted by molar-refractivity contribution is 0.0644. The summed E-state index contributed by atoms with van der Waals surface area (Å²) in [6.07, 6.45) is 0. The van der Waals surface area contributed by atoms with Gasteiger partial charge in [0.25, 0.3) is 0 Å². The number of aromatic carboxylic acids is 3. The van der Waals surface area contributed by atoms with Crippen molar-refractivity contribution in [2.45, 2.75) is 0 Å². The van der Waals surface area contributed by atoms with Crippen LogP contribution in [0.2, 0.25) is 0 Å². The van der Waals surface area contributed by atoms with Crippen molar-refractivity contribution in [2.24, 2.45) is 0 Å². The van der Waals surface area contributed by atoms with Crippen molar-refractivity contribution in [3.8, 4) is 0 Å². The van der Waals surface area contributed by atoms with Gasteiger partial charge in [0.2, 0.25) is 0 Å². The Balaban J connectivity index is 3.61. The maximum atomic E-state index is 11.7. The lowest BCUT2D eigenvalue weighted by Gasteiger charge is -2.09. The minimum absolute atomic E-state index is 0.455. The Hall–Kier alpha value is -2.47. The fourth-order valence-electron chi connectivity index (χ4n) is 1.51. The highest BCUT2D eigenvalue weighted by Gasteiger charge is 2.25. The molecule has 106 valence electrons. The Morgan fingerprint density at radius 1 is 0.850 bits per heavy atom. The maximum Gasteiger partial charge on any atom is 0.336 e. The average molecular weight is 314 g/mol. The van der Waals surface area contributed by atoms with Crippen LogP contribution >= 0.6 is 0 Å². The third-order valence-electron chi connectivity index (χ3n) is 2.34. The number of benzene rings is 1. The second kappa shape index (κ2) is 6.12. The fourth-order valence-corrected chi connectivity index (χ4v) is 2.71. The van der Waals surface area contributed by atoms with Crippen LogP contribution in [0.3, 0.4) is 0 Å². The number of carboxylic acid groups (broad SMARTS) is 3. The summed E-state index contributed by atoms with van der Waals surface area (Å²) >= 11 is 0. The van der Waals surface area contributed by atoms with Crippen LogP contribution in [0.5, 0.6) is 0 Å². The second-order valence-corrected chi connectivity index (χ2v) is 6.18. The zero-order valence-electron chi connectivity index (χ0n) is 10.2. The third kappa shape index (κ3) is 3.10. The van der Waals surface area contributed by atoms with E-state index in [1.165, 1.54) is 0 Å². The summed E-state index contributed by atoms with van der Waals surface area (Å²) in [6, 6.07) is 1.38. The van der Waals surface area contributed by atoms with E-state index in [4.69, 9.17) is 19.7 Å². The molecule has 0 fully saturated rings. The maximum absolute atomic E-state index is 11.7. The Labute approximate surface area is 117 Å². The lowest BCUT2D eigenvalue weighted by atomic mass is 9.98. The fraction of sp³-hybridized carbons (Fsp3) is 0. The number of carboxylic acids is 3. The van der Waals surface area contributed by atoms with Crippen molar-refractivity contribution < 1.29 is 38.9 Å². The first-order valence-electron chi connectivity index (χ1n) is 5.34. The van der Waals surface area contributed by atoms with Crippen molar-refractivity contribution >= 4 is 42.9 Å². The molecule has 0 aliphatic heterocycles. The summed E-state index contributed by atoms with van der Waals surface area (Å²) in [5.74, 6) is -5.64. The van der Waals surface area contributed by atoms with E-state index >= 15 is 0 Å². The SMILES string of the molecule is O=C(O)c1cc(C(=O)O)c(C(=O)O[SiH2][SiH3])cc1C(=O)O. The van der Waals surface area contributed by atoms with Crippen LogP contribution in [-0.4, -0.2) is 58.2 Å². The van der Waals surface area contributed by atoms with Gasteiger partial charge in [0.15, 0.2) is 9.28 Å². The van der Waals surface area contributed by atoms with Gasteiger partial charge in [-0.15, -0.1) is 0 Å². The average Bonchev–Trinajstić information content (AvgIpc) is 2.36. The van der Waals surface area contributed by atoms with E-state index in [2.05, 4.69) is 0 Å². The van der Waals surface area contributed by atoms with Crippen molar-refractivity contribution in [1.82, 2.24) is 0 Å². The summed E-state index contributed by atoms with van der Waals surface area (Å²) in [4.78, 5) is 44.7. The normalized spacial score (nSPS) is 10.6. The molecule has 0 amide bonds. The van der Waals surface area contributed by atoms with Crippen molar-refractivity contribution in [1.29, 1.82) is 0 Å². The first-order valence-corrected chi connectivity index (χ1v) is 11.6. The molecule has 8 nitrogen and oxygen atoms in total. The Morgan fingerprint density at radius 3 is 1.55 bits per heavy atom. The van der Waals surface area contributed by atoms with Crippen molar-refractivity contribution in [2.75, 3.05) is 0 Å². The van der Waals surface area contributed by atoms with E-state index in [1.807, 2.05) is 0 Å². The van der Waals surface area contributed by atoms with E-state index in [0.29, 0.717) is 15.8 Å². The van der Waals surface area contributed by atoms with E-state index < -0.39 is 55.4 Å². The molecule has 0 aromatic heterocycles. The van der Waals surface area contributed by atoms with Crippen LogP contribution in [0.1, 0.15) is 41.4 Å². The molecule has 0 radical (unpaired) electrons. The Kier molecular flexibility index (Phi) is 4.77. The van der Waals surface area contributed by atoms with Gasteiger partial charge >= 0.3 is 23.9 Å². The van der Waals surface area contributed by atoms with Crippen LogP contribution in [0, 0.1) is 0 Å². The van der Waals surface area contributed by atoms with E-state index in [-0.39, 0.29) is 0 Å². The van der Waals surface area contributed by atoms with E-state index in [9.17, 15) is 19.2 Å². The van der Waals surface area contributed by atoms with Crippen molar-refractivity contribution in [3.63, 3.8) is 0 Å². The quantitative estimate of drug-likeness (QED) is 0.547. The number of hydrogen-bond donors (Lipinski definition) is 3. The summed E-state index contributed by atoms with van der Waals surface area (Å²) < 4.78 is 4.81. The molecule has 10 heteroatoms. The zero-order valence-corrected chi connectivity index (χ0v) is 13.7. The lowest BCUT2D eigenvalue weighted by Crippen LogP contribution is -2.18. The van der Waals surface area contributed by atoms with Crippen LogP contribution in [0.4, 0.5) is 0 Å². The predicted molar refractivity (Wildman–Crippen MR) is 71.2 cm³/mol. The molecule has 20 heavy (non-hydrogen) atoms. The molecule has 0 saturated carbocycles. The molecule has 0 saturated heterocycles. The highest BCUT2D eigenvalue weighted by Crippen LogP contribution is 2.19. The Bertz CT molecular complexity index is 610. The molecule has 1 rings (SSSR count). The van der Waals surface area contributed by atoms with Gasteiger partial charge in [-0.05, 0) is 12.1 Å². The molecule has 0 aliphatic rings. The smallest absolute Gasteiger partial charge is 0.336 e. The number of rotatable bonds is 5. The number of hydrogen-bond acceptors (Lipinski definition) is 5. The largest absolute Gasteiger partial charge is 0.526 e. The highest BCUT2D eigenvalue weighted by atomic mass is 29.1. The molecule has 3 N–H and O–H groups in total. The van der Waals surface area contributed by atoms with Gasteiger partial charge in [-0.25, -0.2) is 19.2 Å². The summed E-state index contributed by atoms with van der Waals surface area (Å²) in [7, 11) is -0.382. The van der Waals surface area contributed by atoms with E-state index in [1.54, 1.807) is 0 Å². The first kappa shape index (κ1) is 15.6. The number of carbonyl (C=O) groups excluding carboxylic acids is 1. The standard InChI is InChI=1S/C10H10O8Si2/c11-7(12)3-1-5(9(15)16)6(10(17)18-20-19)2-4(3)8(13)14/h1-2H,20H2,19H3,(H,11,12)(H,13,14)(H,15,16). The summed E-state index contributed by atoms with van der Waals surface area (Å²) in [6.45, 7) is 0. The number of carbonyl (C=O) groups is 4. The molecule has 0 atom stereocenters. The molecule has 1 aromatic rings. The molecule has 0 bridgehead atoms. The molecular weight excluding hydrogens is 304 g/mol. The van der Waals surface area contributed by atoms with Gasteiger partial charge in [0.05, 0.1) is 22.3 Å². The summed E-state index contributed by atoms with van der Waals surface area (Å²) in [5, 5.41) is 26.8. The van der Waals surface area contributed by atoms with Gasteiger partial charge in [-0.3, -0.25) is 0 Å². The van der Waals surface area contributed by atoms with Gasteiger partial charge in [0.1, 0.15) is 0 Å². The molecular formula is C10H10O8Si2. The van der Waals surface area contributed by atoms with Gasteiger partial charge in [0, 0.05) is 9.76 Å². The minimum Gasteiger partial charge on any atom is -0.526 e. The molecule has 0 heterocycles. The molecule has 1 aromatic carbocycles. The topological polar surface area (TPSA) is 138 Å². The zero-order chi connectivity index (χ0) is 15.4. The van der Waals surface area contributed by atoms with Gasteiger partial charge in [-0.1, -0.05) is 0 Å². The monoisotopic (exact) mass is 314 g/mol. The predicted octanol–water partition coefficient (Wildman–Crippen LogP) is -1.70. The molecule has 0 spiro atoms. The first-order chi connectivity index (χ1) is 9.29. The van der Waals surface area contributed by atoms with Gasteiger partial charge in [-0.2, -0.15) is 0 Å². The van der Waals surface area contributed by atoms with Crippen LogP contribution in [0.15, 0.2) is 12.1 Å². The van der Waals surface area contributed by atoms with Crippen LogP contribution < -0.4 is 0 Å². The van der Waals surface area contributed by atoms with Gasteiger partial charge < -0.3 is 19.7 Å². The minimum atomic E-state index is -1.60. The van der Waals surface area contributed by atoms with Crippen molar-refractivity contribution in [3.05, 3.63) is 34.4 Å². The third-order valence-corrected chi connectivity index (χ3v) is 3.76. The highest BCUT2D eigenvalue weighted by molar-refractivity contribution is 6.86. The van der Waals surface area contributed by atoms with E-state index in [0.717, 1.165) is 6.07 Å². The molecule has 0 aliphatic carbocycles.